The number of carbonyl (C=O) groups excluding carboxylic acids is 3. The minimum Gasteiger partial charge on any atom is -0.452 e. The summed E-state index contributed by atoms with van der Waals surface area (Å²) in [6.07, 6.45) is 0. The molecule has 0 aliphatic carbocycles. The van der Waals surface area contributed by atoms with E-state index in [9.17, 15) is 14.4 Å². The molecule has 2 amide bonds. The third-order valence-corrected chi connectivity index (χ3v) is 4.29. The highest BCUT2D eigenvalue weighted by Crippen LogP contribution is 2.18. The molecule has 0 radical (unpaired) electrons. The summed E-state index contributed by atoms with van der Waals surface area (Å²) in [7, 11) is 0. The molecule has 0 fully saturated rings. The number of amides is 2. The normalized spacial score (nSPS) is 9.94. The Kier molecular flexibility index (Phi) is 6.76. The lowest BCUT2D eigenvalue weighted by molar-refractivity contribution is -0.119. The van der Waals surface area contributed by atoms with Crippen molar-refractivity contribution in [2.45, 2.75) is 6.92 Å². The SMILES string of the molecule is Cc1cccc(C(=O)Nc2ccccc2C(=O)OCC(=O)Nc2cccc(C#N)c2)c1. The van der Waals surface area contributed by atoms with E-state index in [1.807, 2.05) is 19.1 Å². The molecule has 0 spiro atoms. The number of hydrogen-bond donors (Lipinski definition) is 2. The van der Waals surface area contributed by atoms with E-state index in [1.54, 1.807) is 54.6 Å². The molecule has 0 heterocycles. The van der Waals surface area contributed by atoms with E-state index in [1.165, 1.54) is 12.1 Å². The molecular weight excluding hydrogens is 394 g/mol. The van der Waals surface area contributed by atoms with Crippen molar-refractivity contribution in [3.63, 3.8) is 0 Å². The molecule has 0 aliphatic heterocycles. The van der Waals surface area contributed by atoms with Crippen LogP contribution in [0, 0.1) is 18.3 Å². The van der Waals surface area contributed by atoms with Crippen LogP contribution < -0.4 is 10.6 Å². The van der Waals surface area contributed by atoms with Crippen LogP contribution in [0.2, 0.25) is 0 Å². The third-order valence-electron chi connectivity index (χ3n) is 4.29. The summed E-state index contributed by atoms with van der Waals surface area (Å²) in [4.78, 5) is 37.1. The first-order valence-electron chi connectivity index (χ1n) is 9.40. The van der Waals surface area contributed by atoms with Crippen molar-refractivity contribution in [3.05, 3.63) is 95.1 Å². The Bertz CT molecular complexity index is 1180. The van der Waals surface area contributed by atoms with E-state index in [0.29, 0.717) is 16.8 Å². The van der Waals surface area contributed by atoms with E-state index < -0.39 is 18.5 Å². The Balaban J connectivity index is 1.63. The molecule has 3 aromatic rings. The van der Waals surface area contributed by atoms with Crippen LogP contribution in [0.5, 0.6) is 0 Å². The second kappa shape index (κ2) is 9.85. The first-order valence-corrected chi connectivity index (χ1v) is 9.40. The molecular formula is C24H19N3O4. The Hall–Kier alpha value is -4.44. The molecule has 0 saturated carbocycles. The van der Waals surface area contributed by atoms with Gasteiger partial charge >= 0.3 is 5.97 Å². The topological polar surface area (TPSA) is 108 Å². The maximum absolute atomic E-state index is 12.5. The average molecular weight is 413 g/mol. The highest BCUT2D eigenvalue weighted by atomic mass is 16.5. The van der Waals surface area contributed by atoms with Gasteiger partial charge in [0.05, 0.1) is 22.9 Å². The molecule has 2 N–H and O–H groups in total. The molecule has 0 atom stereocenters. The number of nitrogens with one attached hydrogen (secondary N) is 2. The summed E-state index contributed by atoms with van der Waals surface area (Å²) < 4.78 is 5.10. The molecule has 154 valence electrons. The molecule has 3 aromatic carbocycles. The number of nitriles is 1. The lowest BCUT2D eigenvalue weighted by atomic mass is 10.1. The van der Waals surface area contributed by atoms with Gasteiger partial charge in [0.2, 0.25) is 0 Å². The fourth-order valence-electron chi connectivity index (χ4n) is 2.82. The van der Waals surface area contributed by atoms with Crippen LogP contribution in [-0.4, -0.2) is 24.4 Å². The van der Waals surface area contributed by atoms with Gasteiger partial charge in [-0.25, -0.2) is 4.79 Å². The van der Waals surface area contributed by atoms with Gasteiger partial charge in [-0.3, -0.25) is 9.59 Å². The zero-order valence-corrected chi connectivity index (χ0v) is 16.7. The van der Waals surface area contributed by atoms with Crippen molar-refractivity contribution in [2.75, 3.05) is 17.2 Å². The number of carbonyl (C=O) groups is 3. The molecule has 0 bridgehead atoms. The largest absolute Gasteiger partial charge is 0.452 e. The first kappa shape index (κ1) is 21.3. The van der Waals surface area contributed by atoms with E-state index >= 15 is 0 Å². The minimum absolute atomic E-state index is 0.128. The van der Waals surface area contributed by atoms with Crippen LogP contribution >= 0.6 is 0 Å². The zero-order valence-electron chi connectivity index (χ0n) is 16.7. The predicted octanol–water partition coefficient (Wildman–Crippen LogP) is 3.91. The molecule has 0 saturated heterocycles. The van der Waals surface area contributed by atoms with Gasteiger partial charge in [0, 0.05) is 11.3 Å². The Morgan fingerprint density at radius 2 is 1.71 bits per heavy atom. The van der Waals surface area contributed by atoms with Gasteiger partial charge in [-0.2, -0.15) is 5.26 Å². The summed E-state index contributed by atoms with van der Waals surface area (Å²) >= 11 is 0. The standard InChI is InChI=1S/C24H19N3O4/c1-16-6-4-8-18(12-16)23(29)27-21-11-3-2-10-20(21)24(30)31-15-22(28)26-19-9-5-7-17(13-19)14-25/h2-13H,15H2,1H3,(H,26,28)(H,27,29). The second-order valence-electron chi connectivity index (χ2n) is 6.69. The monoisotopic (exact) mass is 413 g/mol. The molecule has 3 rings (SSSR count). The van der Waals surface area contributed by atoms with Gasteiger partial charge in [-0.15, -0.1) is 0 Å². The number of esters is 1. The van der Waals surface area contributed by atoms with Crippen molar-refractivity contribution in [1.29, 1.82) is 5.26 Å². The third kappa shape index (κ3) is 5.78. The molecule has 0 unspecified atom stereocenters. The second-order valence-corrected chi connectivity index (χ2v) is 6.69. The number of aryl methyl sites for hydroxylation is 1. The van der Waals surface area contributed by atoms with Gasteiger partial charge < -0.3 is 15.4 Å². The van der Waals surface area contributed by atoms with E-state index in [4.69, 9.17) is 10.00 Å². The molecule has 7 nitrogen and oxygen atoms in total. The first-order chi connectivity index (χ1) is 15.0. The summed E-state index contributed by atoms with van der Waals surface area (Å²) in [5.74, 6) is -1.66. The van der Waals surface area contributed by atoms with Crippen LogP contribution in [0.25, 0.3) is 0 Å². The summed E-state index contributed by atoms with van der Waals surface area (Å²) in [5.41, 5.74) is 2.62. The molecule has 0 aliphatic rings. The Labute approximate surface area is 179 Å². The Morgan fingerprint density at radius 1 is 0.935 bits per heavy atom. The van der Waals surface area contributed by atoms with Crippen molar-refractivity contribution >= 4 is 29.2 Å². The quantitative estimate of drug-likeness (QED) is 0.596. The summed E-state index contributed by atoms with van der Waals surface area (Å²) in [6.45, 7) is 1.36. The van der Waals surface area contributed by atoms with E-state index in [0.717, 1.165) is 5.56 Å². The van der Waals surface area contributed by atoms with Crippen molar-refractivity contribution < 1.29 is 19.1 Å². The number of rotatable bonds is 6. The van der Waals surface area contributed by atoms with E-state index in [2.05, 4.69) is 10.6 Å². The minimum atomic E-state index is -0.749. The Morgan fingerprint density at radius 3 is 2.48 bits per heavy atom. The fourth-order valence-corrected chi connectivity index (χ4v) is 2.82. The number of nitrogens with zero attached hydrogens (tertiary/aromatic N) is 1. The van der Waals surface area contributed by atoms with Gasteiger partial charge in [0.1, 0.15) is 0 Å². The summed E-state index contributed by atoms with van der Waals surface area (Å²) in [5, 5.41) is 14.2. The average Bonchev–Trinajstić information content (AvgIpc) is 2.78. The fraction of sp³-hybridized carbons (Fsp3) is 0.0833. The molecule has 7 heteroatoms. The maximum Gasteiger partial charge on any atom is 0.340 e. The summed E-state index contributed by atoms with van der Waals surface area (Å²) in [6, 6.07) is 21.8. The molecule has 31 heavy (non-hydrogen) atoms. The van der Waals surface area contributed by atoms with Crippen LogP contribution in [0.15, 0.2) is 72.8 Å². The van der Waals surface area contributed by atoms with Crippen molar-refractivity contribution in [2.24, 2.45) is 0 Å². The van der Waals surface area contributed by atoms with Gasteiger partial charge in [0.15, 0.2) is 6.61 Å². The van der Waals surface area contributed by atoms with Crippen molar-refractivity contribution in [3.8, 4) is 6.07 Å². The van der Waals surface area contributed by atoms with Crippen LogP contribution in [-0.2, 0) is 9.53 Å². The van der Waals surface area contributed by atoms with Crippen molar-refractivity contribution in [1.82, 2.24) is 0 Å². The highest BCUT2D eigenvalue weighted by molar-refractivity contribution is 6.08. The number of anilines is 2. The van der Waals surface area contributed by atoms with Gasteiger partial charge in [-0.1, -0.05) is 35.9 Å². The van der Waals surface area contributed by atoms with Gasteiger partial charge in [0.25, 0.3) is 11.8 Å². The number of hydrogen-bond acceptors (Lipinski definition) is 5. The number of ether oxygens (including phenoxy) is 1. The zero-order chi connectivity index (χ0) is 22.2. The highest BCUT2D eigenvalue weighted by Gasteiger charge is 2.16. The van der Waals surface area contributed by atoms with Crippen LogP contribution in [0.4, 0.5) is 11.4 Å². The van der Waals surface area contributed by atoms with E-state index in [-0.39, 0.29) is 17.2 Å². The number of benzene rings is 3. The maximum atomic E-state index is 12.5. The van der Waals surface area contributed by atoms with Crippen LogP contribution in [0.1, 0.15) is 31.8 Å². The lowest BCUT2D eigenvalue weighted by Crippen LogP contribution is -2.22. The number of para-hydroxylation sites is 1. The van der Waals surface area contributed by atoms with Crippen LogP contribution in [0.3, 0.4) is 0 Å². The smallest absolute Gasteiger partial charge is 0.340 e. The lowest BCUT2D eigenvalue weighted by Gasteiger charge is -2.11. The van der Waals surface area contributed by atoms with Gasteiger partial charge in [-0.05, 0) is 49.4 Å². The predicted molar refractivity (Wildman–Crippen MR) is 116 cm³/mol. The molecule has 0 aromatic heterocycles.